The third-order valence-electron chi connectivity index (χ3n) is 3.44. The molecule has 19 heavy (non-hydrogen) atoms. The lowest BCUT2D eigenvalue weighted by molar-refractivity contribution is -0.133. The first-order chi connectivity index (χ1) is 9.11. The van der Waals surface area contributed by atoms with Gasteiger partial charge in [0.05, 0.1) is 6.04 Å². The van der Waals surface area contributed by atoms with E-state index in [2.05, 4.69) is 0 Å². The van der Waals surface area contributed by atoms with Gasteiger partial charge < -0.3 is 10.6 Å². The smallest absolute Gasteiger partial charge is 0.239 e. The highest BCUT2D eigenvalue weighted by atomic mass is 32.2. The third-order valence-corrected chi connectivity index (χ3v) is 4.09. The largest absolute Gasteiger partial charge is 0.337 e. The standard InChI is InChI=1S/C14H19FN2OS/c1-19-7-5-13(16)14(18)17-6-4-10-2-3-12(15)8-11(10)9-17/h2-3,8,13H,4-7,9,16H2,1H3/t13-/m0/s1. The summed E-state index contributed by atoms with van der Waals surface area (Å²) in [5.74, 6) is 0.607. The Labute approximate surface area is 117 Å². The highest BCUT2D eigenvalue weighted by Gasteiger charge is 2.24. The Hall–Kier alpha value is -1.07. The van der Waals surface area contributed by atoms with Gasteiger partial charge in [-0.2, -0.15) is 11.8 Å². The minimum Gasteiger partial charge on any atom is -0.337 e. The van der Waals surface area contributed by atoms with Gasteiger partial charge in [-0.05, 0) is 48.1 Å². The predicted molar refractivity (Wildman–Crippen MR) is 76.5 cm³/mol. The van der Waals surface area contributed by atoms with Gasteiger partial charge in [0.15, 0.2) is 0 Å². The molecule has 1 aliphatic rings. The highest BCUT2D eigenvalue weighted by Crippen LogP contribution is 2.20. The molecule has 2 N–H and O–H groups in total. The van der Waals surface area contributed by atoms with Crippen LogP contribution in [0.25, 0.3) is 0 Å². The van der Waals surface area contributed by atoms with Gasteiger partial charge in [-0.3, -0.25) is 4.79 Å². The topological polar surface area (TPSA) is 46.3 Å². The Morgan fingerprint density at radius 3 is 3.05 bits per heavy atom. The number of amides is 1. The molecular weight excluding hydrogens is 263 g/mol. The molecule has 0 spiro atoms. The van der Waals surface area contributed by atoms with Crippen LogP contribution in [-0.4, -0.2) is 35.4 Å². The number of nitrogens with zero attached hydrogens (tertiary/aromatic N) is 1. The van der Waals surface area contributed by atoms with Gasteiger partial charge in [-0.15, -0.1) is 0 Å². The molecule has 0 saturated carbocycles. The van der Waals surface area contributed by atoms with Crippen LogP contribution in [0.1, 0.15) is 17.5 Å². The second kappa shape index (κ2) is 6.39. The van der Waals surface area contributed by atoms with Crippen LogP contribution < -0.4 is 5.73 Å². The summed E-state index contributed by atoms with van der Waals surface area (Å²) < 4.78 is 13.2. The number of hydrogen-bond donors (Lipinski definition) is 1. The summed E-state index contributed by atoms with van der Waals surface area (Å²) >= 11 is 1.68. The van der Waals surface area contributed by atoms with Crippen molar-refractivity contribution in [3.8, 4) is 0 Å². The molecule has 5 heteroatoms. The molecule has 2 rings (SSSR count). The van der Waals surface area contributed by atoms with Gasteiger partial charge in [-0.1, -0.05) is 6.07 Å². The lowest BCUT2D eigenvalue weighted by atomic mass is 9.99. The first-order valence-electron chi connectivity index (χ1n) is 6.42. The molecular formula is C14H19FN2OS. The molecule has 0 aliphatic carbocycles. The van der Waals surface area contributed by atoms with Crippen LogP contribution in [0.4, 0.5) is 4.39 Å². The number of fused-ring (bicyclic) bond motifs is 1. The summed E-state index contributed by atoms with van der Waals surface area (Å²) in [7, 11) is 0. The van der Waals surface area contributed by atoms with Crippen LogP contribution in [0.15, 0.2) is 18.2 Å². The summed E-state index contributed by atoms with van der Waals surface area (Å²) in [6, 6.07) is 4.35. The lowest BCUT2D eigenvalue weighted by Gasteiger charge is -2.30. The van der Waals surface area contributed by atoms with Gasteiger partial charge in [0.1, 0.15) is 5.82 Å². The maximum atomic E-state index is 13.2. The molecule has 0 aromatic heterocycles. The lowest BCUT2D eigenvalue weighted by Crippen LogP contribution is -2.46. The number of halogens is 1. The molecule has 0 radical (unpaired) electrons. The van der Waals surface area contributed by atoms with Crippen molar-refractivity contribution in [2.45, 2.75) is 25.4 Å². The number of nitrogens with two attached hydrogens (primary N) is 1. The quantitative estimate of drug-likeness (QED) is 0.916. The SMILES string of the molecule is CSCC[C@H](N)C(=O)N1CCc2ccc(F)cc2C1. The van der Waals surface area contributed by atoms with E-state index in [9.17, 15) is 9.18 Å². The number of carbonyl (C=O) groups excluding carboxylic acids is 1. The minimum atomic E-state index is -0.442. The maximum absolute atomic E-state index is 13.2. The molecule has 0 unspecified atom stereocenters. The predicted octanol–water partition coefficient (Wildman–Crippen LogP) is 1.79. The van der Waals surface area contributed by atoms with E-state index < -0.39 is 6.04 Å². The third kappa shape index (κ3) is 3.48. The van der Waals surface area contributed by atoms with E-state index in [1.807, 2.05) is 6.26 Å². The number of rotatable bonds is 4. The zero-order chi connectivity index (χ0) is 13.8. The fraction of sp³-hybridized carbons (Fsp3) is 0.500. The second-order valence-electron chi connectivity index (χ2n) is 4.81. The number of thioether (sulfide) groups is 1. The van der Waals surface area contributed by atoms with E-state index in [-0.39, 0.29) is 11.7 Å². The molecule has 1 heterocycles. The van der Waals surface area contributed by atoms with Crippen molar-refractivity contribution in [3.63, 3.8) is 0 Å². The van der Waals surface area contributed by atoms with E-state index >= 15 is 0 Å². The average Bonchev–Trinajstić information content (AvgIpc) is 2.43. The van der Waals surface area contributed by atoms with Crippen LogP contribution in [0.3, 0.4) is 0 Å². The van der Waals surface area contributed by atoms with Crippen molar-refractivity contribution in [1.29, 1.82) is 0 Å². The Morgan fingerprint density at radius 1 is 1.53 bits per heavy atom. The molecule has 1 amide bonds. The van der Waals surface area contributed by atoms with Crippen molar-refractivity contribution < 1.29 is 9.18 Å². The van der Waals surface area contributed by atoms with Gasteiger partial charge in [0.25, 0.3) is 0 Å². The highest BCUT2D eigenvalue weighted by molar-refractivity contribution is 7.98. The van der Waals surface area contributed by atoms with E-state index in [1.165, 1.54) is 12.1 Å². The Balaban J connectivity index is 2.02. The monoisotopic (exact) mass is 282 g/mol. The summed E-state index contributed by atoms with van der Waals surface area (Å²) in [5.41, 5.74) is 7.93. The average molecular weight is 282 g/mol. The fourth-order valence-electron chi connectivity index (χ4n) is 2.32. The van der Waals surface area contributed by atoms with Crippen molar-refractivity contribution in [2.24, 2.45) is 5.73 Å². The zero-order valence-corrected chi connectivity index (χ0v) is 11.9. The summed E-state index contributed by atoms with van der Waals surface area (Å²) in [5, 5.41) is 0. The van der Waals surface area contributed by atoms with E-state index in [1.54, 1.807) is 22.7 Å². The molecule has 1 aromatic rings. The van der Waals surface area contributed by atoms with Crippen LogP contribution in [0, 0.1) is 5.82 Å². The molecule has 0 fully saturated rings. The maximum Gasteiger partial charge on any atom is 0.239 e. The summed E-state index contributed by atoms with van der Waals surface area (Å²) in [6.07, 6.45) is 3.46. The van der Waals surface area contributed by atoms with Gasteiger partial charge >= 0.3 is 0 Å². The number of carbonyl (C=O) groups is 1. The number of benzene rings is 1. The van der Waals surface area contributed by atoms with Crippen LogP contribution in [-0.2, 0) is 17.8 Å². The Bertz CT molecular complexity index is 467. The Kier molecular flexibility index (Phi) is 4.82. The second-order valence-corrected chi connectivity index (χ2v) is 5.80. The molecule has 1 atom stereocenters. The van der Waals surface area contributed by atoms with Crippen LogP contribution >= 0.6 is 11.8 Å². The molecule has 3 nitrogen and oxygen atoms in total. The van der Waals surface area contributed by atoms with E-state index in [0.717, 1.165) is 23.3 Å². The fourth-order valence-corrected chi connectivity index (χ4v) is 2.81. The van der Waals surface area contributed by atoms with E-state index in [4.69, 9.17) is 5.73 Å². The summed E-state index contributed by atoms with van der Waals surface area (Å²) in [4.78, 5) is 13.9. The molecule has 104 valence electrons. The number of hydrogen-bond acceptors (Lipinski definition) is 3. The first kappa shape index (κ1) is 14.3. The van der Waals surface area contributed by atoms with Crippen molar-refractivity contribution in [1.82, 2.24) is 4.90 Å². The zero-order valence-electron chi connectivity index (χ0n) is 11.1. The minimum absolute atomic E-state index is 0.0241. The Morgan fingerprint density at radius 2 is 2.32 bits per heavy atom. The molecule has 0 saturated heterocycles. The van der Waals surface area contributed by atoms with Crippen molar-refractivity contribution in [3.05, 3.63) is 35.1 Å². The normalized spacial score (nSPS) is 16.1. The van der Waals surface area contributed by atoms with Gasteiger partial charge in [0, 0.05) is 13.1 Å². The van der Waals surface area contributed by atoms with Crippen molar-refractivity contribution in [2.75, 3.05) is 18.6 Å². The van der Waals surface area contributed by atoms with Crippen molar-refractivity contribution >= 4 is 17.7 Å². The molecule has 1 aliphatic heterocycles. The first-order valence-corrected chi connectivity index (χ1v) is 7.82. The van der Waals surface area contributed by atoms with Crippen LogP contribution in [0.2, 0.25) is 0 Å². The van der Waals surface area contributed by atoms with Crippen LogP contribution in [0.5, 0.6) is 0 Å². The van der Waals surface area contributed by atoms with Gasteiger partial charge in [-0.25, -0.2) is 4.39 Å². The summed E-state index contributed by atoms with van der Waals surface area (Å²) in [6.45, 7) is 1.14. The molecule has 0 bridgehead atoms. The van der Waals surface area contributed by atoms with Gasteiger partial charge in [0.2, 0.25) is 5.91 Å². The molecule has 1 aromatic carbocycles. The van der Waals surface area contributed by atoms with E-state index in [0.29, 0.717) is 19.5 Å².